The SMILES string of the molecule is CN(CC(=O)N(C)Cc1ccc(Cl)s1)CC1(O)CCCC1. The number of halogens is 1. The largest absolute Gasteiger partial charge is 0.389 e. The van der Waals surface area contributed by atoms with E-state index in [1.54, 1.807) is 11.9 Å². The molecule has 21 heavy (non-hydrogen) atoms. The number of aliphatic hydroxyl groups is 1. The van der Waals surface area contributed by atoms with Gasteiger partial charge in [-0.2, -0.15) is 0 Å². The molecule has 1 aromatic rings. The van der Waals surface area contributed by atoms with Gasteiger partial charge in [0.25, 0.3) is 0 Å². The number of likely N-dealkylation sites (N-methyl/N-ethyl adjacent to an activating group) is 2. The summed E-state index contributed by atoms with van der Waals surface area (Å²) in [5, 5.41) is 10.4. The van der Waals surface area contributed by atoms with E-state index in [2.05, 4.69) is 0 Å². The molecule has 1 aliphatic rings. The molecule has 6 heteroatoms. The van der Waals surface area contributed by atoms with Crippen molar-refractivity contribution in [3.05, 3.63) is 21.3 Å². The van der Waals surface area contributed by atoms with Gasteiger partial charge in [-0.15, -0.1) is 11.3 Å². The minimum absolute atomic E-state index is 0.0589. The van der Waals surface area contributed by atoms with Crippen LogP contribution in [0.2, 0.25) is 4.34 Å². The van der Waals surface area contributed by atoms with Gasteiger partial charge in [-0.05, 0) is 32.0 Å². The Balaban J connectivity index is 1.79. The molecule has 1 aliphatic carbocycles. The third-order valence-electron chi connectivity index (χ3n) is 3.95. The topological polar surface area (TPSA) is 43.8 Å². The van der Waals surface area contributed by atoms with Gasteiger partial charge in [-0.25, -0.2) is 0 Å². The maximum Gasteiger partial charge on any atom is 0.236 e. The van der Waals surface area contributed by atoms with E-state index in [9.17, 15) is 9.90 Å². The first-order valence-corrected chi connectivity index (χ1v) is 8.46. The summed E-state index contributed by atoms with van der Waals surface area (Å²) in [6.07, 6.45) is 3.85. The van der Waals surface area contributed by atoms with Crippen LogP contribution < -0.4 is 0 Å². The Morgan fingerprint density at radius 3 is 2.62 bits per heavy atom. The Kier molecular flexibility index (Phi) is 5.66. The zero-order valence-corrected chi connectivity index (χ0v) is 14.2. The Bertz CT molecular complexity index is 486. The van der Waals surface area contributed by atoms with Crippen LogP contribution in [0.25, 0.3) is 0 Å². The van der Waals surface area contributed by atoms with E-state index in [0.29, 0.717) is 19.6 Å². The van der Waals surface area contributed by atoms with Crippen LogP contribution >= 0.6 is 22.9 Å². The predicted octanol–water partition coefficient (Wildman–Crippen LogP) is 2.60. The van der Waals surface area contributed by atoms with Gasteiger partial charge in [0.05, 0.1) is 23.0 Å². The molecule has 1 fully saturated rings. The maximum atomic E-state index is 12.2. The lowest BCUT2D eigenvalue weighted by atomic mass is 10.0. The first-order valence-electron chi connectivity index (χ1n) is 7.27. The fourth-order valence-electron chi connectivity index (χ4n) is 2.86. The van der Waals surface area contributed by atoms with E-state index in [4.69, 9.17) is 11.6 Å². The quantitative estimate of drug-likeness (QED) is 0.872. The Labute approximate surface area is 135 Å². The zero-order chi connectivity index (χ0) is 15.5. The smallest absolute Gasteiger partial charge is 0.236 e. The minimum atomic E-state index is -0.602. The van der Waals surface area contributed by atoms with Crippen molar-refractivity contribution >= 4 is 28.8 Å². The molecule has 0 saturated heterocycles. The summed E-state index contributed by atoms with van der Waals surface area (Å²) in [4.78, 5) is 16.9. The van der Waals surface area contributed by atoms with Crippen molar-refractivity contribution in [1.29, 1.82) is 0 Å². The van der Waals surface area contributed by atoms with E-state index in [-0.39, 0.29) is 5.91 Å². The highest BCUT2D eigenvalue weighted by Gasteiger charge is 2.32. The first-order chi connectivity index (χ1) is 9.88. The summed E-state index contributed by atoms with van der Waals surface area (Å²) in [7, 11) is 3.69. The number of amides is 1. The third-order valence-corrected chi connectivity index (χ3v) is 5.17. The molecule has 1 aromatic heterocycles. The average Bonchev–Trinajstić information content (AvgIpc) is 2.98. The third kappa shape index (κ3) is 4.95. The highest BCUT2D eigenvalue weighted by molar-refractivity contribution is 7.16. The number of carbonyl (C=O) groups is 1. The molecule has 2 rings (SSSR count). The summed E-state index contributed by atoms with van der Waals surface area (Å²) >= 11 is 7.39. The van der Waals surface area contributed by atoms with Crippen molar-refractivity contribution in [3.8, 4) is 0 Å². The Morgan fingerprint density at radius 2 is 2.05 bits per heavy atom. The van der Waals surface area contributed by atoms with E-state index < -0.39 is 5.60 Å². The van der Waals surface area contributed by atoms with Crippen LogP contribution in [0, 0.1) is 0 Å². The van der Waals surface area contributed by atoms with Crippen LogP contribution in [0.5, 0.6) is 0 Å². The molecule has 1 saturated carbocycles. The van der Waals surface area contributed by atoms with Gasteiger partial charge < -0.3 is 10.0 Å². The van der Waals surface area contributed by atoms with E-state index >= 15 is 0 Å². The second-order valence-electron chi connectivity index (χ2n) is 6.06. The summed E-state index contributed by atoms with van der Waals surface area (Å²) in [6.45, 7) is 1.48. The van der Waals surface area contributed by atoms with Crippen LogP contribution in [0.3, 0.4) is 0 Å². The molecule has 118 valence electrons. The predicted molar refractivity (Wildman–Crippen MR) is 86.7 cm³/mol. The van der Waals surface area contributed by atoms with Gasteiger partial charge in [0, 0.05) is 18.5 Å². The summed E-state index contributed by atoms with van der Waals surface area (Å²) in [6, 6.07) is 3.79. The number of hydrogen-bond donors (Lipinski definition) is 1. The number of hydrogen-bond acceptors (Lipinski definition) is 4. The van der Waals surface area contributed by atoms with Gasteiger partial charge in [0.15, 0.2) is 0 Å². The van der Waals surface area contributed by atoms with Crippen LogP contribution in [0.4, 0.5) is 0 Å². The summed E-state index contributed by atoms with van der Waals surface area (Å²) in [5.41, 5.74) is -0.602. The van der Waals surface area contributed by atoms with Gasteiger partial charge in [-0.1, -0.05) is 24.4 Å². The van der Waals surface area contributed by atoms with Gasteiger partial charge in [0.2, 0.25) is 5.91 Å². The van der Waals surface area contributed by atoms with Crippen molar-refractivity contribution in [2.45, 2.75) is 37.8 Å². The van der Waals surface area contributed by atoms with Crippen molar-refractivity contribution in [1.82, 2.24) is 9.80 Å². The lowest BCUT2D eigenvalue weighted by Gasteiger charge is -2.29. The molecule has 0 radical (unpaired) electrons. The van der Waals surface area contributed by atoms with Gasteiger partial charge in [0.1, 0.15) is 0 Å². The molecule has 4 nitrogen and oxygen atoms in total. The van der Waals surface area contributed by atoms with E-state index in [0.717, 1.165) is 34.9 Å². The van der Waals surface area contributed by atoms with Crippen molar-refractivity contribution in [2.24, 2.45) is 0 Å². The monoisotopic (exact) mass is 330 g/mol. The van der Waals surface area contributed by atoms with Crippen LogP contribution in [-0.4, -0.2) is 53.6 Å². The first kappa shape index (κ1) is 16.7. The van der Waals surface area contributed by atoms with E-state index in [1.165, 1.54) is 11.3 Å². The Hall–Kier alpha value is -0.620. The van der Waals surface area contributed by atoms with Gasteiger partial charge >= 0.3 is 0 Å². The molecule has 0 spiro atoms. The maximum absolute atomic E-state index is 12.2. The Morgan fingerprint density at radius 1 is 1.38 bits per heavy atom. The second-order valence-corrected chi connectivity index (χ2v) is 7.86. The molecule has 1 amide bonds. The van der Waals surface area contributed by atoms with Gasteiger partial charge in [-0.3, -0.25) is 9.69 Å². The average molecular weight is 331 g/mol. The fourth-order valence-corrected chi connectivity index (χ4v) is 4.00. The van der Waals surface area contributed by atoms with Crippen molar-refractivity contribution in [3.63, 3.8) is 0 Å². The molecular formula is C15H23ClN2O2S. The molecule has 0 unspecified atom stereocenters. The lowest BCUT2D eigenvalue weighted by Crippen LogP contribution is -2.43. The molecular weight excluding hydrogens is 308 g/mol. The number of carbonyl (C=O) groups excluding carboxylic acids is 1. The molecule has 0 bridgehead atoms. The number of thiophene rings is 1. The fraction of sp³-hybridized carbons (Fsp3) is 0.667. The van der Waals surface area contributed by atoms with Crippen LogP contribution in [0.15, 0.2) is 12.1 Å². The second kappa shape index (κ2) is 7.09. The van der Waals surface area contributed by atoms with Crippen LogP contribution in [0.1, 0.15) is 30.6 Å². The molecule has 0 aromatic carbocycles. The van der Waals surface area contributed by atoms with Crippen molar-refractivity contribution < 1.29 is 9.90 Å². The standard InChI is InChI=1S/C15H23ClN2O2S/c1-17(11-15(20)7-3-4-8-15)10-14(19)18(2)9-12-5-6-13(16)21-12/h5-6,20H,3-4,7-11H2,1-2H3. The highest BCUT2D eigenvalue weighted by atomic mass is 35.5. The number of rotatable bonds is 6. The summed E-state index contributed by atoms with van der Waals surface area (Å²) in [5.74, 6) is 0.0589. The van der Waals surface area contributed by atoms with Crippen LogP contribution in [-0.2, 0) is 11.3 Å². The molecule has 0 aliphatic heterocycles. The summed E-state index contributed by atoms with van der Waals surface area (Å²) < 4.78 is 0.742. The zero-order valence-electron chi connectivity index (χ0n) is 12.6. The normalized spacial score (nSPS) is 17.4. The van der Waals surface area contributed by atoms with E-state index in [1.807, 2.05) is 24.1 Å². The number of nitrogens with zero attached hydrogens (tertiary/aromatic N) is 2. The van der Waals surface area contributed by atoms with Crippen molar-refractivity contribution in [2.75, 3.05) is 27.2 Å². The molecule has 1 N–H and O–H groups in total. The molecule has 0 atom stereocenters. The highest BCUT2D eigenvalue weighted by Crippen LogP contribution is 2.29. The molecule has 1 heterocycles. The minimum Gasteiger partial charge on any atom is -0.389 e. The lowest BCUT2D eigenvalue weighted by molar-refractivity contribution is -0.132.